The molecule has 0 N–H and O–H groups in total. The third kappa shape index (κ3) is 4.38. The summed E-state index contributed by atoms with van der Waals surface area (Å²) in [6.45, 7) is 3.28. The van der Waals surface area contributed by atoms with E-state index in [1.165, 1.54) is 36.4 Å². The van der Waals surface area contributed by atoms with Gasteiger partial charge in [-0.15, -0.1) is 0 Å². The zero-order chi connectivity index (χ0) is 27.4. The largest absolute Gasteiger partial charge is 0.422 e. The van der Waals surface area contributed by atoms with Gasteiger partial charge in [-0.1, -0.05) is 41.5 Å². The Labute approximate surface area is 205 Å². The van der Waals surface area contributed by atoms with Gasteiger partial charge in [-0.25, -0.2) is 17.6 Å². The van der Waals surface area contributed by atoms with Crippen LogP contribution in [0.3, 0.4) is 0 Å². The van der Waals surface area contributed by atoms with Gasteiger partial charge < -0.3 is 0 Å². The highest BCUT2D eigenvalue weighted by atomic mass is 19.4. The van der Waals surface area contributed by atoms with Crippen LogP contribution in [-0.2, 0) is 17.4 Å². The van der Waals surface area contributed by atoms with Crippen molar-refractivity contribution >= 4 is 17.6 Å². The standard InChI is InChI=1S/C26H16F7NO3/c1-11-7-12(2)9-13(8-11)23(34-24(36)14-5-3-4-6-15(14)25(34)37)17(35)10-16-19(27)21(29)18(26(31,32)33)22(30)20(16)28/h3-9,23H,10H2,1-2H3. The lowest BCUT2D eigenvalue weighted by Gasteiger charge is -2.26. The van der Waals surface area contributed by atoms with Crippen LogP contribution >= 0.6 is 0 Å². The molecule has 0 fully saturated rings. The van der Waals surface area contributed by atoms with Crippen LogP contribution in [0.25, 0.3) is 0 Å². The van der Waals surface area contributed by atoms with Crippen LogP contribution in [0.2, 0.25) is 0 Å². The topological polar surface area (TPSA) is 54.5 Å². The Kier molecular flexibility index (Phi) is 6.43. The van der Waals surface area contributed by atoms with Crippen molar-refractivity contribution < 1.29 is 45.1 Å². The molecule has 11 heteroatoms. The highest BCUT2D eigenvalue weighted by Gasteiger charge is 2.45. The molecule has 1 aliphatic heterocycles. The molecule has 0 saturated carbocycles. The molecule has 192 valence electrons. The van der Waals surface area contributed by atoms with E-state index in [-0.39, 0.29) is 16.7 Å². The molecule has 1 heterocycles. The molecule has 0 spiro atoms. The highest BCUT2D eigenvalue weighted by Crippen LogP contribution is 2.38. The van der Waals surface area contributed by atoms with E-state index in [1.54, 1.807) is 19.9 Å². The molecule has 4 rings (SSSR count). The van der Waals surface area contributed by atoms with E-state index in [0.29, 0.717) is 16.0 Å². The van der Waals surface area contributed by atoms with Gasteiger partial charge in [0.25, 0.3) is 11.8 Å². The van der Waals surface area contributed by atoms with Crippen LogP contribution in [-0.4, -0.2) is 22.5 Å². The molecule has 1 atom stereocenters. The Morgan fingerprint density at radius 2 is 1.27 bits per heavy atom. The van der Waals surface area contributed by atoms with Gasteiger partial charge in [0.15, 0.2) is 29.1 Å². The zero-order valence-corrected chi connectivity index (χ0v) is 19.1. The van der Waals surface area contributed by atoms with E-state index in [0.717, 1.165) is 0 Å². The van der Waals surface area contributed by atoms with E-state index in [2.05, 4.69) is 0 Å². The first-order valence-corrected chi connectivity index (χ1v) is 10.7. The lowest BCUT2D eigenvalue weighted by Crippen LogP contribution is -2.39. The average molecular weight is 523 g/mol. The number of Topliss-reactive ketones (excluding diaryl/α,β-unsaturated/α-hetero) is 1. The molecule has 0 saturated heterocycles. The van der Waals surface area contributed by atoms with Gasteiger partial charge in [-0.2, -0.15) is 13.2 Å². The number of rotatable bonds is 5. The summed E-state index contributed by atoms with van der Waals surface area (Å²) in [5, 5.41) is 0. The molecular formula is C26H16F7NO3. The van der Waals surface area contributed by atoms with Crippen LogP contribution in [0, 0.1) is 37.1 Å². The minimum absolute atomic E-state index is 0.0429. The third-order valence-corrected chi connectivity index (χ3v) is 5.94. The molecule has 0 radical (unpaired) electrons. The smallest absolute Gasteiger partial charge is 0.297 e. The van der Waals surface area contributed by atoms with Crippen molar-refractivity contribution in [1.82, 2.24) is 4.90 Å². The average Bonchev–Trinajstić information content (AvgIpc) is 3.05. The summed E-state index contributed by atoms with van der Waals surface area (Å²) in [5.41, 5.74) is -3.21. The van der Waals surface area contributed by atoms with Crippen molar-refractivity contribution in [3.8, 4) is 0 Å². The van der Waals surface area contributed by atoms with Crippen molar-refractivity contribution in [1.29, 1.82) is 0 Å². The Morgan fingerprint density at radius 3 is 1.70 bits per heavy atom. The second kappa shape index (κ2) is 9.13. The first-order chi connectivity index (χ1) is 17.2. The maximum Gasteiger partial charge on any atom is 0.422 e. The van der Waals surface area contributed by atoms with E-state index in [4.69, 9.17) is 0 Å². The first-order valence-electron chi connectivity index (χ1n) is 10.7. The summed E-state index contributed by atoms with van der Waals surface area (Å²) in [7, 11) is 0. The Hall–Kier alpha value is -4.02. The summed E-state index contributed by atoms with van der Waals surface area (Å²) in [4.78, 5) is 40.2. The van der Waals surface area contributed by atoms with E-state index >= 15 is 0 Å². The predicted molar refractivity (Wildman–Crippen MR) is 116 cm³/mol. The molecule has 2 amide bonds. The zero-order valence-electron chi connectivity index (χ0n) is 19.1. The van der Waals surface area contributed by atoms with Crippen LogP contribution in [0.4, 0.5) is 30.7 Å². The number of benzene rings is 3. The molecule has 0 bridgehead atoms. The molecule has 1 aliphatic rings. The number of halogens is 7. The second-order valence-electron chi connectivity index (χ2n) is 8.60. The van der Waals surface area contributed by atoms with E-state index < -0.39 is 70.6 Å². The lowest BCUT2D eigenvalue weighted by molar-refractivity contribution is -0.143. The normalized spacial score (nSPS) is 14.2. The van der Waals surface area contributed by atoms with Gasteiger partial charge in [0.1, 0.15) is 11.6 Å². The summed E-state index contributed by atoms with van der Waals surface area (Å²) in [6.07, 6.45) is -7.20. The van der Waals surface area contributed by atoms with Crippen LogP contribution in [0.15, 0.2) is 42.5 Å². The fourth-order valence-electron chi connectivity index (χ4n) is 4.44. The summed E-state index contributed by atoms with van der Waals surface area (Å²) >= 11 is 0. The molecule has 37 heavy (non-hydrogen) atoms. The Balaban J connectivity index is 1.85. The summed E-state index contributed by atoms with van der Waals surface area (Å²) < 4.78 is 96.3. The number of alkyl halides is 3. The quantitative estimate of drug-likeness (QED) is 0.233. The van der Waals surface area contributed by atoms with Gasteiger partial charge in [0.05, 0.1) is 11.1 Å². The van der Waals surface area contributed by atoms with Crippen molar-refractivity contribution in [2.45, 2.75) is 32.5 Å². The van der Waals surface area contributed by atoms with Crippen LogP contribution < -0.4 is 0 Å². The summed E-state index contributed by atoms with van der Waals surface area (Å²) in [6, 6.07) is 8.38. The number of imide groups is 1. The molecular weight excluding hydrogens is 507 g/mol. The molecule has 3 aromatic carbocycles. The van der Waals surface area contributed by atoms with Crippen molar-refractivity contribution in [2.24, 2.45) is 0 Å². The number of ketones is 1. The highest BCUT2D eigenvalue weighted by molar-refractivity contribution is 6.23. The number of aryl methyl sites for hydroxylation is 2. The number of carbonyl (C=O) groups is 3. The molecule has 4 nitrogen and oxygen atoms in total. The van der Waals surface area contributed by atoms with Gasteiger partial charge in [-0.05, 0) is 31.5 Å². The number of fused-ring (bicyclic) bond motifs is 1. The molecule has 1 unspecified atom stereocenters. The fraction of sp³-hybridized carbons (Fsp3) is 0.192. The van der Waals surface area contributed by atoms with Crippen molar-refractivity contribution in [3.63, 3.8) is 0 Å². The summed E-state index contributed by atoms with van der Waals surface area (Å²) in [5.74, 6) is -13.3. The number of hydrogen-bond acceptors (Lipinski definition) is 3. The molecule has 0 aliphatic carbocycles. The van der Waals surface area contributed by atoms with Crippen LogP contribution in [0.1, 0.15) is 54.6 Å². The number of amides is 2. The van der Waals surface area contributed by atoms with Gasteiger partial charge >= 0.3 is 6.18 Å². The van der Waals surface area contributed by atoms with Crippen LogP contribution in [0.5, 0.6) is 0 Å². The van der Waals surface area contributed by atoms with E-state index in [1.807, 2.05) is 0 Å². The van der Waals surface area contributed by atoms with Gasteiger partial charge in [0.2, 0.25) is 0 Å². The van der Waals surface area contributed by atoms with Gasteiger partial charge in [0, 0.05) is 12.0 Å². The molecule has 0 aromatic heterocycles. The maximum absolute atomic E-state index is 14.6. The Bertz CT molecular complexity index is 1400. The minimum Gasteiger partial charge on any atom is -0.297 e. The van der Waals surface area contributed by atoms with Crippen molar-refractivity contribution in [3.05, 3.63) is 105 Å². The van der Waals surface area contributed by atoms with Gasteiger partial charge in [-0.3, -0.25) is 19.3 Å². The third-order valence-electron chi connectivity index (χ3n) is 5.94. The first kappa shape index (κ1) is 26.1. The number of hydrogen-bond donors (Lipinski definition) is 0. The van der Waals surface area contributed by atoms with E-state index in [9.17, 15) is 45.1 Å². The molecule has 3 aromatic rings. The minimum atomic E-state index is -5.75. The fourth-order valence-corrected chi connectivity index (χ4v) is 4.44. The predicted octanol–water partition coefficient (Wildman–Crippen LogP) is 6.03. The monoisotopic (exact) mass is 523 g/mol. The maximum atomic E-state index is 14.6. The number of nitrogens with zero attached hydrogens (tertiary/aromatic N) is 1. The Morgan fingerprint density at radius 1 is 0.811 bits per heavy atom. The van der Waals surface area contributed by atoms with Crippen molar-refractivity contribution in [2.75, 3.05) is 0 Å². The lowest BCUT2D eigenvalue weighted by atomic mass is 9.92. The number of carbonyl (C=O) groups excluding carboxylic acids is 3. The SMILES string of the molecule is Cc1cc(C)cc(C(C(=O)Cc2c(F)c(F)c(C(F)(F)F)c(F)c2F)N2C(=O)c3ccccc3C2=O)c1. The second-order valence-corrected chi connectivity index (χ2v) is 8.60.